The van der Waals surface area contributed by atoms with Crippen molar-refractivity contribution < 1.29 is 27.9 Å². The van der Waals surface area contributed by atoms with Gasteiger partial charge in [0.1, 0.15) is 0 Å². The maximum Gasteiger partial charge on any atom is 0.434 e. The van der Waals surface area contributed by atoms with E-state index >= 15 is 0 Å². The number of amides is 1. The molecule has 1 N–H and O–H groups in total. The molecule has 27 heavy (non-hydrogen) atoms. The van der Waals surface area contributed by atoms with Crippen molar-refractivity contribution in [1.82, 2.24) is 14.7 Å². The quantitative estimate of drug-likeness (QED) is 0.886. The van der Waals surface area contributed by atoms with Crippen molar-refractivity contribution in [2.75, 3.05) is 6.54 Å². The van der Waals surface area contributed by atoms with Crippen LogP contribution in [0.2, 0.25) is 0 Å². The lowest BCUT2D eigenvalue weighted by atomic mass is 10.0. The number of halogens is 3. The zero-order chi connectivity index (χ0) is 19.9. The van der Waals surface area contributed by atoms with Crippen molar-refractivity contribution in [3.05, 3.63) is 47.3 Å². The smallest absolute Gasteiger partial charge is 0.434 e. The van der Waals surface area contributed by atoms with Crippen LogP contribution in [0, 0.1) is 12.8 Å². The van der Waals surface area contributed by atoms with Crippen molar-refractivity contribution >= 4 is 11.9 Å². The fraction of sp³-hybridized carbons (Fsp3) is 0.389. The van der Waals surface area contributed by atoms with E-state index in [2.05, 4.69) is 5.10 Å². The molecule has 1 fully saturated rings. The second-order valence-corrected chi connectivity index (χ2v) is 6.63. The Morgan fingerprint density at radius 3 is 2.56 bits per heavy atom. The van der Waals surface area contributed by atoms with Gasteiger partial charge in [0.05, 0.1) is 23.4 Å². The summed E-state index contributed by atoms with van der Waals surface area (Å²) in [7, 11) is 0. The molecule has 1 amide bonds. The topological polar surface area (TPSA) is 75.4 Å². The summed E-state index contributed by atoms with van der Waals surface area (Å²) in [6.07, 6.45) is -3.70. The molecule has 1 aromatic carbocycles. The standard InChI is InChI=1S/C18H18F3N3O3/c1-10-4-3-5-12(8-10)24-15(18(19,20)21)14(9-22-24)16(25)23-7-6-13(11(23)2)17(26)27/h3-5,8-9,11,13H,6-7H2,1-2H3,(H,26,27). The van der Waals surface area contributed by atoms with E-state index in [9.17, 15) is 27.9 Å². The first kappa shape index (κ1) is 18.9. The molecular formula is C18H18F3N3O3. The maximum atomic E-state index is 13.8. The van der Waals surface area contributed by atoms with Gasteiger partial charge in [-0.2, -0.15) is 18.3 Å². The largest absolute Gasteiger partial charge is 0.481 e. The molecule has 1 saturated heterocycles. The predicted octanol–water partition coefficient (Wildman–Crippen LogP) is 3.13. The van der Waals surface area contributed by atoms with Crippen LogP contribution in [0.15, 0.2) is 30.5 Å². The third-order valence-electron chi connectivity index (χ3n) is 4.85. The number of carbonyl (C=O) groups excluding carboxylic acids is 1. The van der Waals surface area contributed by atoms with Gasteiger partial charge < -0.3 is 10.0 Å². The van der Waals surface area contributed by atoms with E-state index in [4.69, 9.17) is 0 Å². The van der Waals surface area contributed by atoms with Crippen molar-refractivity contribution in [2.24, 2.45) is 5.92 Å². The molecular weight excluding hydrogens is 363 g/mol. The van der Waals surface area contributed by atoms with Gasteiger partial charge in [-0.05, 0) is 38.0 Å². The summed E-state index contributed by atoms with van der Waals surface area (Å²) in [6.45, 7) is 3.36. The maximum absolute atomic E-state index is 13.8. The van der Waals surface area contributed by atoms with Gasteiger partial charge in [-0.25, -0.2) is 4.68 Å². The van der Waals surface area contributed by atoms with Gasteiger partial charge in [0.15, 0.2) is 5.69 Å². The van der Waals surface area contributed by atoms with Gasteiger partial charge in [0.25, 0.3) is 5.91 Å². The second kappa shape index (κ2) is 6.71. The van der Waals surface area contributed by atoms with Gasteiger partial charge in [-0.1, -0.05) is 12.1 Å². The number of alkyl halides is 3. The minimum absolute atomic E-state index is 0.0872. The van der Waals surface area contributed by atoms with E-state index < -0.39 is 41.3 Å². The average molecular weight is 381 g/mol. The number of hydrogen-bond donors (Lipinski definition) is 1. The number of nitrogens with zero attached hydrogens (tertiary/aromatic N) is 3. The fourth-order valence-corrected chi connectivity index (χ4v) is 3.44. The fourth-order valence-electron chi connectivity index (χ4n) is 3.44. The van der Waals surface area contributed by atoms with Crippen LogP contribution in [0.4, 0.5) is 13.2 Å². The molecule has 0 spiro atoms. The van der Waals surface area contributed by atoms with E-state index in [1.807, 2.05) is 0 Å². The molecule has 0 bridgehead atoms. The Morgan fingerprint density at radius 2 is 2.00 bits per heavy atom. The Balaban J connectivity index is 2.04. The molecule has 2 aromatic rings. The van der Waals surface area contributed by atoms with Crippen LogP contribution in [0.1, 0.15) is 35.0 Å². The van der Waals surface area contributed by atoms with E-state index in [1.54, 1.807) is 19.1 Å². The van der Waals surface area contributed by atoms with E-state index in [1.165, 1.54) is 24.0 Å². The third-order valence-corrected chi connectivity index (χ3v) is 4.85. The predicted molar refractivity (Wildman–Crippen MR) is 89.5 cm³/mol. The van der Waals surface area contributed by atoms with E-state index in [0.29, 0.717) is 4.68 Å². The lowest BCUT2D eigenvalue weighted by molar-refractivity contribution is -0.144. The van der Waals surface area contributed by atoms with Crippen LogP contribution in [-0.2, 0) is 11.0 Å². The van der Waals surface area contributed by atoms with Crippen LogP contribution in [0.25, 0.3) is 5.69 Å². The number of carboxylic acid groups (broad SMARTS) is 1. The molecule has 0 radical (unpaired) electrons. The van der Waals surface area contributed by atoms with Crippen LogP contribution in [0.3, 0.4) is 0 Å². The first-order chi connectivity index (χ1) is 12.6. The highest BCUT2D eigenvalue weighted by molar-refractivity contribution is 5.96. The van der Waals surface area contributed by atoms with Gasteiger partial charge in [-0.15, -0.1) is 0 Å². The summed E-state index contributed by atoms with van der Waals surface area (Å²) in [6, 6.07) is 5.66. The molecule has 0 saturated carbocycles. The van der Waals surface area contributed by atoms with Crippen molar-refractivity contribution in [1.29, 1.82) is 0 Å². The lowest BCUT2D eigenvalue weighted by Gasteiger charge is -2.23. The van der Waals surface area contributed by atoms with E-state index in [-0.39, 0.29) is 18.7 Å². The number of carboxylic acids is 1. The van der Waals surface area contributed by atoms with Gasteiger partial charge in [-0.3, -0.25) is 9.59 Å². The molecule has 1 aliphatic heterocycles. The zero-order valence-electron chi connectivity index (χ0n) is 14.7. The number of carbonyl (C=O) groups is 2. The monoisotopic (exact) mass is 381 g/mol. The molecule has 6 nitrogen and oxygen atoms in total. The molecule has 1 aliphatic rings. The summed E-state index contributed by atoms with van der Waals surface area (Å²) in [4.78, 5) is 25.2. The van der Waals surface area contributed by atoms with Gasteiger partial charge in [0.2, 0.25) is 0 Å². The molecule has 1 aromatic heterocycles. The van der Waals surface area contributed by atoms with Gasteiger partial charge in [0, 0.05) is 12.6 Å². The van der Waals surface area contributed by atoms with Crippen molar-refractivity contribution in [2.45, 2.75) is 32.5 Å². The summed E-state index contributed by atoms with van der Waals surface area (Å²) in [5, 5.41) is 13.0. The highest BCUT2D eigenvalue weighted by Crippen LogP contribution is 2.35. The van der Waals surface area contributed by atoms with Crippen LogP contribution >= 0.6 is 0 Å². The Labute approximate surface area is 153 Å². The number of aryl methyl sites for hydroxylation is 1. The molecule has 2 atom stereocenters. The highest BCUT2D eigenvalue weighted by Gasteiger charge is 2.44. The molecule has 9 heteroatoms. The summed E-state index contributed by atoms with van der Waals surface area (Å²) in [5.74, 6) is -2.73. The van der Waals surface area contributed by atoms with Crippen LogP contribution in [0.5, 0.6) is 0 Å². The molecule has 144 valence electrons. The zero-order valence-corrected chi connectivity index (χ0v) is 14.7. The number of likely N-dealkylation sites (tertiary alicyclic amines) is 1. The Kier molecular flexibility index (Phi) is 4.71. The van der Waals surface area contributed by atoms with Gasteiger partial charge >= 0.3 is 12.1 Å². The summed E-state index contributed by atoms with van der Waals surface area (Å²) < 4.78 is 42.0. The Hall–Kier alpha value is -2.84. The number of aliphatic carboxylic acids is 1. The Morgan fingerprint density at radius 1 is 1.30 bits per heavy atom. The van der Waals surface area contributed by atoms with Crippen molar-refractivity contribution in [3.8, 4) is 5.69 Å². The third kappa shape index (κ3) is 3.41. The number of hydrogen-bond acceptors (Lipinski definition) is 3. The molecule has 3 rings (SSSR count). The molecule has 2 heterocycles. The number of aromatic nitrogens is 2. The summed E-state index contributed by atoms with van der Waals surface area (Å²) in [5.41, 5.74) is -0.799. The minimum atomic E-state index is -4.81. The second-order valence-electron chi connectivity index (χ2n) is 6.63. The number of rotatable bonds is 3. The van der Waals surface area contributed by atoms with Crippen LogP contribution < -0.4 is 0 Å². The van der Waals surface area contributed by atoms with Crippen molar-refractivity contribution in [3.63, 3.8) is 0 Å². The van der Waals surface area contributed by atoms with Crippen LogP contribution in [-0.4, -0.2) is 44.3 Å². The molecule has 2 unspecified atom stereocenters. The lowest BCUT2D eigenvalue weighted by Crippen LogP contribution is -2.38. The first-order valence-electron chi connectivity index (χ1n) is 8.37. The Bertz CT molecular complexity index is 891. The normalized spacial score (nSPS) is 20.1. The van der Waals surface area contributed by atoms with E-state index in [0.717, 1.165) is 11.8 Å². The summed E-state index contributed by atoms with van der Waals surface area (Å²) >= 11 is 0. The average Bonchev–Trinajstić information content (AvgIpc) is 3.17. The highest BCUT2D eigenvalue weighted by atomic mass is 19.4. The first-order valence-corrected chi connectivity index (χ1v) is 8.37. The molecule has 0 aliphatic carbocycles. The SMILES string of the molecule is Cc1cccc(-n2ncc(C(=O)N3CCC(C(=O)O)C3C)c2C(F)(F)F)c1. The minimum Gasteiger partial charge on any atom is -0.481 e. The number of benzene rings is 1.